The number of hydrogen-bond acceptors (Lipinski definition) is 2. The highest BCUT2D eigenvalue weighted by molar-refractivity contribution is 7.99. The van der Waals surface area contributed by atoms with Crippen molar-refractivity contribution in [3.8, 4) is 11.8 Å². The first-order chi connectivity index (χ1) is 5.74. The summed E-state index contributed by atoms with van der Waals surface area (Å²) >= 11 is 1.64. The van der Waals surface area contributed by atoms with E-state index < -0.39 is 0 Å². The number of rotatable bonds is 2. The topological polar surface area (TPSA) is 28.7 Å². The van der Waals surface area contributed by atoms with Gasteiger partial charge in [0.2, 0.25) is 0 Å². The molecule has 0 saturated heterocycles. The highest BCUT2D eigenvalue weighted by atomic mass is 32.2. The Kier molecular flexibility index (Phi) is 3.24. The molecular formula is C9H12N2S. The van der Waals surface area contributed by atoms with Crippen molar-refractivity contribution in [1.82, 2.24) is 9.97 Å². The van der Waals surface area contributed by atoms with Crippen molar-refractivity contribution in [1.29, 1.82) is 0 Å². The van der Waals surface area contributed by atoms with Crippen LogP contribution in [-0.4, -0.2) is 15.7 Å². The van der Waals surface area contributed by atoms with E-state index in [0.29, 0.717) is 0 Å². The van der Waals surface area contributed by atoms with Crippen LogP contribution in [0.5, 0.6) is 0 Å². The molecule has 3 heteroatoms. The van der Waals surface area contributed by atoms with Crippen LogP contribution in [-0.2, 0) is 0 Å². The van der Waals surface area contributed by atoms with E-state index in [4.69, 9.17) is 0 Å². The van der Waals surface area contributed by atoms with E-state index in [9.17, 15) is 0 Å². The largest absolute Gasteiger partial charge is 0.337 e. The fourth-order valence-electron chi connectivity index (χ4n) is 0.760. The van der Waals surface area contributed by atoms with Gasteiger partial charge in [0.15, 0.2) is 5.16 Å². The van der Waals surface area contributed by atoms with Gasteiger partial charge < -0.3 is 4.98 Å². The van der Waals surface area contributed by atoms with E-state index in [1.807, 2.05) is 20.8 Å². The van der Waals surface area contributed by atoms with E-state index in [1.165, 1.54) is 0 Å². The number of nitrogens with one attached hydrogen (secondary N) is 1. The molecule has 0 atom stereocenters. The summed E-state index contributed by atoms with van der Waals surface area (Å²) in [7, 11) is 0. The van der Waals surface area contributed by atoms with Crippen LogP contribution in [0.2, 0.25) is 0 Å². The van der Waals surface area contributed by atoms with Crippen molar-refractivity contribution >= 4 is 11.8 Å². The van der Waals surface area contributed by atoms with Gasteiger partial charge in [0, 0.05) is 5.69 Å². The van der Waals surface area contributed by atoms with Crippen molar-refractivity contribution in [2.24, 2.45) is 0 Å². The van der Waals surface area contributed by atoms with Crippen molar-refractivity contribution in [3.63, 3.8) is 0 Å². The SMILES string of the molecule is CC#CCSc1nc(C)c(C)[nH]1. The molecule has 0 aliphatic heterocycles. The summed E-state index contributed by atoms with van der Waals surface area (Å²) in [6.07, 6.45) is 0. The molecule has 64 valence electrons. The second-order valence-corrected chi connectivity index (χ2v) is 3.43. The summed E-state index contributed by atoms with van der Waals surface area (Å²) in [6.45, 7) is 5.87. The molecule has 0 fully saturated rings. The molecule has 1 N–H and O–H groups in total. The van der Waals surface area contributed by atoms with Crippen molar-refractivity contribution < 1.29 is 0 Å². The summed E-state index contributed by atoms with van der Waals surface area (Å²) in [4.78, 5) is 7.51. The molecule has 1 heterocycles. The van der Waals surface area contributed by atoms with Gasteiger partial charge >= 0.3 is 0 Å². The molecule has 1 rings (SSSR count). The number of aryl methyl sites for hydroxylation is 2. The zero-order valence-corrected chi connectivity index (χ0v) is 8.38. The molecule has 0 amide bonds. The van der Waals surface area contributed by atoms with Gasteiger partial charge in [0.25, 0.3) is 0 Å². The van der Waals surface area contributed by atoms with Gasteiger partial charge in [-0.2, -0.15) is 0 Å². The van der Waals surface area contributed by atoms with E-state index in [-0.39, 0.29) is 0 Å². The lowest BCUT2D eigenvalue weighted by Gasteiger charge is -1.87. The molecule has 0 aliphatic rings. The van der Waals surface area contributed by atoms with Crippen LogP contribution >= 0.6 is 11.8 Å². The molecule has 1 aromatic rings. The number of nitrogens with zero attached hydrogens (tertiary/aromatic N) is 1. The minimum absolute atomic E-state index is 0.808. The van der Waals surface area contributed by atoms with Crippen LogP contribution in [0, 0.1) is 25.7 Å². The third-order valence-electron chi connectivity index (χ3n) is 1.56. The monoisotopic (exact) mass is 180 g/mol. The van der Waals surface area contributed by atoms with Gasteiger partial charge in [-0.3, -0.25) is 0 Å². The molecule has 12 heavy (non-hydrogen) atoms. The first-order valence-corrected chi connectivity index (χ1v) is 4.78. The molecule has 2 nitrogen and oxygen atoms in total. The van der Waals surface area contributed by atoms with E-state index >= 15 is 0 Å². The standard InChI is InChI=1S/C9H12N2S/c1-4-5-6-12-9-10-7(2)8(3)11-9/h6H2,1-3H3,(H,10,11). The van der Waals surface area contributed by atoms with E-state index in [2.05, 4.69) is 21.8 Å². The lowest BCUT2D eigenvalue weighted by Crippen LogP contribution is -1.76. The Hall–Kier alpha value is -0.880. The highest BCUT2D eigenvalue weighted by Gasteiger charge is 2.00. The Morgan fingerprint density at radius 3 is 2.75 bits per heavy atom. The van der Waals surface area contributed by atoms with Crippen LogP contribution in [0.3, 0.4) is 0 Å². The Morgan fingerprint density at radius 2 is 2.25 bits per heavy atom. The molecule has 0 aromatic carbocycles. The first kappa shape index (κ1) is 9.21. The minimum atomic E-state index is 0.808. The smallest absolute Gasteiger partial charge is 0.166 e. The average Bonchev–Trinajstić information content (AvgIpc) is 2.32. The Bertz CT molecular complexity index is 298. The molecule has 0 unspecified atom stereocenters. The fraction of sp³-hybridized carbons (Fsp3) is 0.444. The maximum absolute atomic E-state index is 4.32. The summed E-state index contributed by atoms with van der Waals surface area (Å²) in [5, 5.41) is 0.966. The predicted molar refractivity (Wildman–Crippen MR) is 52.2 cm³/mol. The van der Waals surface area contributed by atoms with E-state index in [0.717, 1.165) is 22.3 Å². The average molecular weight is 180 g/mol. The van der Waals surface area contributed by atoms with Gasteiger partial charge in [-0.25, -0.2) is 4.98 Å². The Balaban J connectivity index is 2.56. The summed E-state index contributed by atoms with van der Waals surface area (Å²) in [5.41, 5.74) is 2.21. The molecule has 0 radical (unpaired) electrons. The quantitative estimate of drug-likeness (QED) is 0.558. The minimum Gasteiger partial charge on any atom is -0.337 e. The number of hydrogen-bond donors (Lipinski definition) is 1. The zero-order chi connectivity index (χ0) is 8.97. The molecule has 0 bridgehead atoms. The van der Waals surface area contributed by atoms with Crippen LogP contribution in [0.4, 0.5) is 0 Å². The molecule has 0 spiro atoms. The van der Waals surface area contributed by atoms with Crippen molar-refractivity contribution in [2.45, 2.75) is 25.9 Å². The number of aromatic nitrogens is 2. The zero-order valence-electron chi connectivity index (χ0n) is 7.56. The van der Waals surface area contributed by atoms with E-state index in [1.54, 1.807) is 11.8 Å². The lowest BCUT2D eigenvalue weighted by atomic mass is 10.4. The molecule has 1 aromatic heterocycles. The van der Waals surface area contributed by atoms with Crippen LogP contribution in [0.1, 0.15) is 18.3 Å². The van der Waals surface area contributed by atoms with Gasteiger partial charge in [0.1, 0.15) is 0 Å². The summed E-state index contributed by atoms with van der Waals surface area (Å²) < 4.78 is 0. The highest BCUT2D eigenvalue weighted by Crippen LogP contribution is 2.14. The van der Waals surface area contributed by atoms with Gasteiger partial charge in [-0.15, -0.1) is 5.92 Å². The Labute approximate surface area is 77.2 Å². The predicted octanol–water partition coefficient (Wildman–Crippen LogP) is 2.14. The third-order valence-corrected chi connectivity index (χ3v) is 2.32. The number of H-pyrrole nitrogens is 1. The Morgan fingerprint density at radius 1 is 1.50 bits per heavy atom. The maximum atomic E-state index is 4.32. The number of imidazole rings is 1. The fourth-order valence-corrected chi connectivity index (χ4v) is 1.54. The van der Waals surface area contributed by atoms with Crippen molar-refractivity contribution in [3.05, 3.63) is 11.4 Å². The second kappa shape index (κ2) is 4.22. The maximum Gasteiger partial charge on any atom is 0.166 e. The van der Waals surface area contributed by atoms with Gasteiger partial charge in [-0.1, -0.05) is 17.7 Å². The molecular weight excluding hydrogens is 168 g/mol. The third kappa shape index (κ3) is 2.31. The normalized spacial score (nSPS) is 9.25. The lowest BCUT2D eigenvalue weighted by molar-refractivity contribution is 1.04. The number of thioether (sulfide) groups is 1. The van der Waals surface area contributed by atoms with Crippen LogP contribution < -0.4 is 0 Å². The summed E-state index contributed by atoms with van der Waals surface area (Å²) in [5.74, 6) is 6.63. The van der Waals surface area contributed by atoms with Gasteiger partial charge in [0.05, 0.1) is 11.4 Å². The molecule has 0 saturated carbocycles. The van der Waals surface area contributed by atoms with Gasteiger partial charge in [-0.05, 0) is 20.8 Å². The summed E-state index contributed by atoms with van der Waals surface area (Å²) in [6, 6.07) is 0. The first-order valence-electron chi connectivity index (χ1n) is 3.79. The molecule has 0 aliphatic carbocycles. The van der Waals surface area contributed by atoms with Crippen LogP contribution in [0.25, 0.3) is 0 Å². The number of aromatic amines is 1. The van der Waals surface area contributed by atoms with Crippen molar-refractivity contribution in [2.75, 3.05) is 5.75 Å². The second-order valence-electron chi connectivity index (χ2n) is 2.47. The van der Waals surface area contributed by atoms with Crippen LogP contribution in [0.15, 0.2) is 5.16 Å².